The third-order valence-electron chi connectivity index (χ3n) is 7.10. The molecule has 2 aromatic rings. The van der Waals surface area contributed by atoms with Crippen LogP contribution >= 0.6 is 0 Å². The maximum Gasteiger partial charge on any atom is 0.354 e. The minimum atomic E-state index is -0.970. The van der Waals surface area contributed by atoms with Crippen molar-refractivity contribution in [3.63, 3.8) is 0 Å². The number of nitrogens with zero attached hydrogens (tertiary/aromatic N) is 2. The van der Waals surface area contributed by atoms with E-state index in [1.807, 2.05) is 36.4 Å². The van der Waals surface area contributed by atoms with Gasteiger partial charge in [0.1, 0.15) is 17.0 Å². The first-order valence-electron chi connectivity index (χ1n) is 10.8. The van der Waals surface area contributed by atoms with Gasteiger partial charge in [0.15, 0.2) is 5.71 Å². The smallest absolute Gasteiger partial charge is 0.354 e. The van der Waals surface area contributed by atoms with Gasteiger partial charge in [-0.1, -0.05) is 36.4 Å². The number of hydrogen-bond donors (Lipinski definition) is 1. The van der Waals surface area contributed by atoms with Crippen molar-refractivity contribution >= 4 is 23.4 Å². The fraction of sp³-hybridized carbons (Fsp3) is 0.360. The lowest BCUT2D eigenvalue weighted by atomic mass is 9.67. The van der Waals surface area contributed by atoms with Gasteiger partial charge in [-0.05, 0) is 41.2 Å². The molecule has 8 heteroatoms. The number of rotatable bonds is 6. The third-order valence-corrected chi connectivity index (χ3v) is 7.10. The zero-order valence-electron chi connectivity index (χ0n) is 18.7. The Kier molecular flexibility index (Phi) is 5.15. The van der Waals surface area contributed by atoms with E-state index in [-0.39, 0.29) is 30.0 Å². The van der Waals surface area contributed by atoms with Crippen LogP contribution in [0.1, 0.15) is 34.9 Å². The van der Waals surface area contributed by atoms with Crippen LogP contribution in [0.2, 0.25) is 0 Å². The summed E-state index contributed by atoms with van der Waals surface area (Å²) < 4.78 is 15.4. The first-order chi connectivity index (χ1) is 16.0. The first kappa shape index (κ1) is 21.2. The summed E-state index contributed by atoms with van der Waals surface area (Å²) >= 11 is 0. The maximum absolute atomic E-state index is 13.1. The predicted octanol–water partition coefficient (Wildman–Crippen LogP) is 2.58. The quantitative estimate of drug-likeness (QED) is 0.540. The Labute approximate surface area is 191 Å². The molecule has 33 heavy (non-hydrogen) atoms. The average Bonchev–Trinajstić information content (AvgIpc) is 3.53. The van der Waals surface area contributed by atoms with Crippen LogP contribution in [0.25, 0.3) is 0 Å². The molecule has 4 atom stereocenters. The molecule has 0 amide bonds. The standard InChI is InChI=1S/C25H25N3O5/c1-31-15-10-8-14(9-11-15)13-26-22(24(30)33-3)25-19-12-18(16-6-4-5-7-17(16)19)20(25)21(27-28-25)23(29)32-2/h4-11,18-20,28H,12-13H2,1-3H3/t18-,19+,20-,25+/m1/s1. The minimum Gasteiger partial charge on any atom is -0.497 e. The molecule has 1 heterocycles. The molecule has 0 unspecified atom stereocenters. The average molecular weight is 447 g/mol. The summed E-state index contributed by atoms with van der Waals surface area (Å²) in [5, 5.41) is 4.39. The van der Waals surface area contributed by atoms with Gasteiger partial charge >= 0.3 is 11.9 Å². The molecular formula is C25H25N3O5. The molecule has 1 fully saturated rings. The lowest BCUT2D eigenvalue weighted by Gasteiger charge is -2.39. The number of ether oxygens (including phenoxy) is 3. The van der Waals surface area contributed by atoms with Crippen molar-refractivity contribution in [2.24, 2.45) is 16.0 Å². The minimum absolute atomic E-state index is 0.0230. The Morgan fingerprint density at radius 3 is 2.45 bits per heavy atom. The molecule has 0 spiro atoms. The van der Waals surface area contributed by atoms with Crippen LogP contribution in [-0.2, 0) is 25.6 Å². The molecule has 170 valence electrons. The number of methoxy groups -OCH3 is 3. The third kappa shape index (κ3) is 3.04. The van der Waals surface area contributed by atoms with Crippen molar-refractivity contribution in [3.8, 4) is 5.75 Å². The fourth-order valence-electron chi connectivity index (χ4n) is 5.74. The van der Waals surface area contributed by atoms with Gasteiger partial charge < -0.3 is 14.2 Å². The molecule has 0 saturated heterocycles. The largest absolute Gasteiger partial charge is 0.497 e. The van der Waals surface area contributed by atoms with Gasteiger partial charge in [0, 0.05) is 11.8 Å². The van der Waals surface area contributed by atoms with Gasteiger partial charge in [0.25, 0.3) is 0 Å². The summed E-state index contributed by atoms with van der Waals surface area (Å²) in [6.07, 6.45) is 0.783. The molecule has 2 aromatic carbocycles. The van der Waals surface area contributed by atoms with E-state index in [0.717, 1.165) is 23.3 Å². The highest BCUT2D eigenvalue weighted by Gasteiger charge is 2.69. The maximum atomic E-state index is 13.1. The van der Waals surface area contributed by atoms with Crippen molar-refractivity contribution in [2.75, 3.05) is 21.3 Å². The van der Waals surface area contributed by atoms with Gasteiger partial charge in [0.05, 0.1) is 27.9 Å². The number of carbonyl (C=O) groups is 2. The highest BCUT2D eigenvalue weighted by Crippen LogP contribution is 2.63. The van der Waals surface area contributed by atoms with Crippen LogP contribution in [0.4, 0.5) is 0 Å². The van der Waals surface area contributed by atoms with Crippen molar-refractivity contribution in [1.82, 2.24) is 5.43 Å². The molecule has 3 aliphatic rings. The number of benzene rings is 2. The number of esters is 2. The summed E-state index contributed by atoms with van der Waals surface area (Å²) in [5.41, 5.74) is 5.99. The molecule has 5 rings (SSSR count). The SMILES string of the molecule is COC(=O)C1=NN[C@@]2(C(=NCc3ccc(OC)cc3)C(=O)OC)[C@H]3C[C@H](c4ccccc43)[C@H]12. The molecule has 0 aromatic heterocycles. The Morgan fingerprint density at radius 2 is 1.79 bits per heavy atom. The van der Waals surface area contributed by atoms with Gasteiger partial charge in [0.2, 0.25) is 0 Å². The van der Waals surface area contributed by atoms with Crippen molar-refractivity contribution in [1.29, 1.82) is 0 Å². The summed E-state index contributed by atoms with van der Waals surface area (Å²) in [6, 6.07) is 15.7. The lowest BCUT2D eigenvalue weighted by Crippen LogP contribution is -2.59. The fourth-order valence-corrected chi connectivity index (χ4v) is 5.74. The van der Waals surface area contributed by atoms with Crippen molar-refractivity contribution in [2.45, 2.75) is 30.3 Å². The molecule has 0 radical (unpaired) electrons. The number of hydrazone groups is 1. The highest BCUT2D eigenvalue weighted by atomic mass is 16.5. The van der Waals surface area contributed by atoms with Crippen LogP contribution < -0.4 is 10.2 Å². The van der Waals surface area contributed by atoms with Gasteiger partial charge in [-0.2, -0.15) is 5.10 Å². The van der Waals surface area contributed by atoms with Crippen LogP contribution in [0, 0.1) is 5.92 Å². The van der Waals surface area contributed by atoms with Crippen LogP contribution in [0.5, 0.6) is 5.75 Å². The van der Waals surface area contributed by atoms with Crippen LogP contribution in [-0.4, -0.2) is 50.2 Å². The number of fused-ring (bicyclic) bond motifs is 8. The normalized spacial score (nSPS) is 26.7. The zero-order valence-corrected chi connectivity index (χ0v) is 18.7. The van der Waals surface area contributed by atoms with Crippen molar-refractivity contribution < 1.29 is 23.8 Å². The van der Waals surface area contributed by atoms with Gasteiger partial charge in [-0.15, -0.1) is 0 Å². The summed E-state index contributed by atoms with van der Waals surface area (Å²) in [4.78, 5) is 30.5. The van der Waals surface area contributed by atoms with Gasteiger partial charge in [-0.25, -0.2) is 9.59 Å². The van der Waals surface area contributed by atoms with Crippen LogP contribution in [0.15, 0.2) is 58.6 Å². The molecule has 1 N–H and O–H groups in total. The Hall–Kier alpha value is -3.68. The second-order valence-corrected chi connectivity index (χ2v) is 8.48. The van der Waals surface area contributed by atoms with E-state index in [0.29, 0.717) is 5.71 Å². The highest BCUT2D eigenvalue weighted by molar-refractivity contribution is 6.45. The Balaban J connectivity index is 1.61. The topological polar surface area (TPSA) is 98.6 Å². The predicted molar refractivity (Wildman–Crippen MR) is 121 cm³/mol. The molecule has 8 nitrogen and oxygen atoms in total. The van der Waals surface area contributed by atoms with E-state index < -0.39 is 17.5 Å². The molecule has 1 saturated carbocycles. The van der Waals surface area contributed by atoms with E-state index in [1.54, 1.807) is 7.11 Å². The van der Waals surface area contributed by atoms with E-state index >= 15 is 0 Å². The zero-order chi connectivity index (χ0) is 23.2. The van der Waals surface area contributed by atoms with Gasteiger partial charge in [-0.3, -0.25) is 10.4 Å². The lowest BCUT2D eigenvalue weighted by molar-refractivity contribution is -0.134. The second kappa shape index (κ2) is 8.03. The number of carbonyl (C=O) groups excluding carboxylic acids is 2. The molecule has 2 aliphatic carbocycles. The Morgan fingerprint density at radius 1 is 1.06 bits per heavy atom. The first-order valence-corrected chi connectivity index (χ1v) is 10.8. The monoisotopic (exact) mass is 447 g/mol. The number of nitrogens with one attached hydrogen (secondary N) is 1. The van der Waals surface area contributed by atoms with Crippen LogP contribution in [0.3, 0.4) is 0 Å². The van der Waals surface area contributed by atoms with E-state index in [9.17, 15) is 9.59 Å². The Bertz CT molecular complexity index is 1170. The number of aliphatic imine (C=N–C) groups is 1. The molecule has 2 bridgehead atoms. The van der Waals surface area contributed by atoms with E-state index in [1.165, 1.54) is 19.8 Å². The summed E-state index contributed by atoms with van der Waals surface area (Å²) in [7, 11) is 4.29. The van der Waals surface area contributed by atoms with E-state index in [4.69, 9.17) is 19.2 Å². The van der Waals surface area contributed by atoms with E-state index in [2.05, 4.69) is 22.7 Å². The summed E-state index contributed by atoms with van der Waals surface area (Å²) in [6.45, 7) is 0.275. The molecule has 1 aliphatic heterocycles. The number of hydrogen-bond acceptors (Lipinski definition) is 8. The second-order valence-electron chi connectivity index (χ2n) is 8.48. The summed E-state index contributed by atoms with van der Waals surface area (Å²) in [5.74, 6) is -0.726. The molecular weight excluding hydrogens is 422 g/mol. The van der Waals surface area contributed by atoms with Crippen molar-refractivity contribution in [3.05, 3.63) is 65.2 Å².